The maximum Gasteiger partial charge on any atom is 0.128 e. The van der Waals surface area contributed by atoms with Crippen molar-refractivity contribution < 1.29 is 4.74 Å². The molecule has 0 amide bonds. The Hall–Kier alpha value is -1.81. The van der Waals surface area contributed by atoms with Crippen LogP contribution in [-0.2, 0) is 13.6 Å². The van der Waals surface area contributed by atoms with E-state index in [1.165, 1.54) is 5.56 Å². The van der Waals surface area contributed by atoms with Crippen molar-refractivity contribution in [1.82, 2.24) is 9.55 Å². The molecule has 0 atom stereocenters. The van der Waals surface area contributed by atoms with Gasteiger partial charge in [-0.2, -0.15) is 0 Å². The lowest BCUT2D eigenvalue weighted by Gasteiger charge is -2.13. The molecule has 1 heterocycles. The molecule has 19 heavy (non-hydrogen) atoms. The predicted octanol–water partition coefficient (Wildman–Crippen LogP) is 2.68. The number of methoxy groups -OCH3 is 1. The van der Waals surface area contributed by atoms with Crippen molar-refractivity contribution >= 4 is 0 Å². The van der Waals surface area contributed by atoms with Crippen LogP contribution in [0.4, 0.5) is 0 Å². The highest BCUT2D eigenvalue weighted by Gasteiger charge is 2.13. The zero-order chi connectivity index (χ0) is 14.0. The predicted molar refractivity (Wildman–Crippen MR) is 77.2 cm³/mol. The van der Waals surface area contributed by atoms with Crippen molar-refractivity contribution in [2.24, 2.45) is 12.8 Å². The number of rotatable bonds is 4. The summed E-state index contributed by atoms with van der Waals surface area (Å²) in [4.78, 5) is 4.33. The molecule has 4 heteroatoms. The molecule has 1 aromatic heterocycles. The Morgan fingerprint density at radius 3 is 2.63 bits per heavy atom. The van der Waals surface area contributed by atoms with Gasteiger partial charge < -0.3 is 15.0 Å². The topological polar surface area (TPSA) is 53.1 Å². The van der Waals surface area contributed by atoms with Gasteiger partial charge in [-0.3, -0.25) is 0 Å². The molecule has 0 aliphatic rings. The van der Waals surface area contributed by atoms with Gasteiger partial charge in [-0.25, -0.2) is 4.98 Å². The van der Waals surface area contributed by atoms with Crippen LogP contribution in [0.25, 0.3) is 11.3 Å². The quantitative estimate of drug-likeness (QED) is 0.918. The van der Waals surface area contributed by atoms with Gasteiger partial charge in [0, 0.05) is 12.6 Å². The Morgan fingerprint density at radius 2 is 2.11 bits per heavy atom. The average molecular weight is 259 g/mol. The Balaban J connectivity index is 2.52. The largest absolute Gasteiger partial charge is 0.496 e. The first-order valence-corrected chi connectivity index (χ1v) is 6.47. The minimum atomic E-state index is 0.433. The lowest BCUT2D eigenvalue weighted by atomic mass is 10.00. The molecule has 0 radical (unpaired) electrons. The van der Waals surface area contributed by atoms with Crippen molar-refractivity contribution in [1.29, 1.82) is 0 Å². The first kappa shape index (κ1) is 13.6. The molecular weight excluding hydrogens is 238 g/mol. The number of nitrogens with two attached hydrogens (primary N) is 1. The van der Waals surface area contributed by atoms with Crippen molar-refractivity contribution in [3.8, 4) is 17.0 Å². The van der Waals surface area contributed by atoms with Gasteiger partial charge in [0.15, 0.2) is 0 Å². The molecule has 2 aromatic rings. The minimum absolute atomic E-state index is 0.433. The van der Waals surface area contributed by atoms with Crippen LogP contribution in [0.5, 0.6) is 5.75 Å². The van der Waals surface area contributed by atoms with Gasteiger partial charge >= 0.3 is 0 Å². The van der Waals surface area contributed by atoms with Crippen LogP contribution in [-0.4, -0.2) is 16.7 Å². The summed E-state index contributed by atoms with van der Waals surface area (Å²) in [6.45, 7) is 4.78. The van der Waals surface area contributed by atoms with Crippen LogP contribution in [0.1, 0.15) is 31.2 Å². The zero-order valence-electron chi connectivity index (χ0n) is 12.0. The molecule has 0 saturated heterocycles. The third-order valence-corrected chi connectivity index (χ3v) is 3.44. The summed E-state index contributed by atoms with van der Waals surface area (Å²) >= 11 is 0. The molecule has 0 unspecified atom stereocenters. The second-order valence-corrected chi connectivity index (χ2v) is 4.94. The van der Waals surface area contributed by atoms with Crippen molar-refractivity contribution in [2.75, 3.05) is 7.11 Å². The number of hydrogen-bond donors (Lipinski definition) is 1. The van der Waals surface area contributed by atoms with E-state index in [1.807, 2.05) is 17.8 Å². The number of hydrogen-bond acceptors (Lipinski definition) is 3. The van der Waals surface area contributed by atoms with Gasteiger partial charge in [-0.05, 0) is 23.6 Å². The monoisotopic (exact) mass is 259 g/mol. The highest BCUT2D eigenvalue weighted by molar-refractivity contribution is 5.68. The third-order valence-electron chi connectivity index (χ3n) is 3.44. The Labute approximate surface area is 114 Å². The Bertz CT molecular complexity index is 573. The van der Waals surface area contributed by atoms with Gasteiger partial charge in [-0.1, -0.05) is 19.9 Å². The summed E-state index contributed by atoms with van der Waals surface area (Å²) in [5.74, 6) is 2.22. The molecule has 0 aliphatic carbocycles. The summed E-state index contributed by atoms with van der Waals surface area (Å²) < 4.78 is 7.52. The highest BCUT2D eigenvalue weighted by atomic mass is 16.5. The van der Waals surface area contributed by atoms with E-state index in [0.29, 0.717) is 12.5 Å². The van der Waals surface area contributed by atoms with E-state index < -0.39 is 0 Å². The van der Waals surface area contributed by atoms with Crippen LogP contribution < -0.4 is 10.5 Å². The van der Waals surface area contributed by atoms with E-state index in [4.69, 9.17) is 10.5 Å². The van der Waals surface area contributed by atoms with E-state index in [2.05, 4.69) is 37.0 Å². The van der Waals surface area contributed by atoms with Crippen LogP contribution >= 0.6 is 0 Å². The number of ether oxygens (including phenoxy) is 1. The van der Waals surface area contributed by atoms with E-state index in [0.717, 1.165) is 22.8 Å². The van der Waals surface area contributed by atoms with Crippen LogP contribution in [0, 0.1) is 0 Å². The molecular formula is C15H21N3O. The molecule has 1 aromatic carbocycles. The van der Waals surface area contributed by atoms with E-state index in [-0.39, 0.29) is 0 Å². The van der Waals surface area contributed by atoms with Crippen molar-refractivity contribution in [2.45, 2.75) is 26.3 Å². The number of nitrogens with zero attached hydrogens (tertiary/aromatic N) is 2. The van der Waals surface area contributed by atoms with Gasteiger partial charge in [0.25, 0.3) is 0 Å². The fraction of sp³-hybridized carbons (Fsp3) is 0.400. The number of aromatic nitrogens is 2. The van der Waals surface area contributed by atoms with Gasteiger partial charge in [0.1, 0.15) is 11.6 Å². The first-order valence-electron chi connectivity index (χ1n) is 6.47. The van der Waals surface area contributed by atoms with E-state index >= 15 is 0 Å². The molecule has 0 fully saturated rings. The van der Waals surface area contributed by atoms with Gasteiger partial charge in [0.05, 0.1) is 25.5 Å². The molecule has 102 valence electrons. The second kappa shape index (κ2) is 5.45. The van der Waals surface area contributed by atoms with Crippen LogP contribution in [0.15, 0.2) is 24.4 Å². The maximum atomic E-state index is 5.66. The van der Waals surface area contributed by atoms with Gasteiger partial charge in [-0.15, -0.1) is 0 Å². The molecule has 2 rings (SSSR count). The first-order chi connectivity index (χ1) is 9.08. The van der Waals surface area contributed by atoms with Gasteiger partial charge in [0.2, 0.25) is 0 Å². The molecule has 0 bridgehead atoms. The Morgan fingerprint density at radius 1 is 1.37 bits per heavy atom. The van der Waals surface area contributed by atoms with Crippen molar-refractivity contribution in [3.63, 3.8) is 0 Å². The SMILES string of the molecule is COc1cc(C(C)C)ccc1-c1cnc(CN)n1C. The van der Waals surface area contributed by atoms with Crippen LogP contribution in [0.2, 0.25) is 0 Å². The lowest BCUT2D eigenvalue weighted by Crippen LogP contribution is -2.05. The summed E-state index contributed by atoms with van der Waals surface area (Å²) in [6.07, 6.45) is 1.84. The fourth-order valence-electron chi connectivity index (χ4n) is 2.17. The number of imidazole rings is 1. The van der Waals surface area contributed by atoms with Crippen molar-refractivity contribution in [3.05, 3.63) is 35.8 Å². The standard InChI is InChI=1S/C15H21N3O/c1-10(2)11-5-6-12(14(7-11)19-4)13-9-17-15(8-16)18(13)3/h5-7,9-10H,8,16H2,1-4H3. The fourth-order valence-corrected chi connectivity index (χ4v) is 2.17. The molecule has 2 N–H and O–H groups in total. The summed E-state index contributed by atoms with van der Waals surface area (Å²) in [6, 6.07) is 6.32. The van der Waals surface area contributed by atoms with E-state index in [1.54, 1.807) is 7.11 Å². The molecule has 0 saturated carbocycles. The Kier molecular flexibility index (Phi) is 3.90. The molecule has 0 spiro atoms. The maximum absolute atomic E-state index is 5.66. The lowest BCUT2D eigenvalue weighted by molar-refractivity contribution is 0.415. The summed E-state index contributed by atoms with van der Waals surface area (Å²) in [7, 11) is 3.67. The smallest absolute Gasteiger partial charge is 0.128 e. The number of benzene rings is 1. The second-order valence-electron chi connectivity index (χ2n) is 4.94. The average Bonchev–Trinajstić information content (AvgIpc) is 2.78. The zero-order valence-corrected chi connectivity index (χ0v) is 12.0. The minimum Gasteiger partial charge on any atom is -0.496 e. The summed E-state index contributed by atoms with van der Waals surface area (Å²) in [5, 5.41) is 0. The molecule has 0 aliphatic heterocycles. The third kappa shape index (κ3) is 2.49. The molecule has 4 nitrogen and oxygen atoms in total. The highest BCUT2D eigenvalue weighted by Crippen LogP contribution is 2.32. The van der Waals surface area contributed by atoms with Crippen LogP contribution in [0.3, 0.4) is 0 Å². The normalized spacial score (nSPS) is 11.1. The van der Waals surface area contributed by atoms with E-state index in [9.17, 15) is 0 Å². The summed E-state index contributed by atoms with van der Waals surface area (Å²) in [5.41, 5.74) is 8.99.